The molecule has 0 aromatic rings. The molecule has 8 atom stereocenters. The summed E-state index contributed by atoms with van der Waals surface area (Å²) in [7, 11) is 0. The number of rotatable bonds is 0. The summed E-state index contributed by atoms with van der Waals surface area (Å²) in [6.45, 7) is 0. The summed E-state index contributed by atoms with van der Waals surface area (Å²) in [4.78, 5) is 25.7. The molecule has 0 amide bonds. The van der Waals surface area contributed by atoms with Crippen molar-refractivity contribution in [1.29, 1.82) is 0 Å². The van der Waals surface area contributed by atoms with Gasteiger partial charge in [-0.15, -0.1) is 0 Å². The van der Waals surface area contributed by atoms with Gasteiger partial charge >= 0.3 is 0 Å². The molecule has 5 aliphatic rings. The van der Waals surface area contributed by atoms with E-state index in [4.69, 9.17) is 0 Å². The molecular formula is C16H20O2. The lowest BCUT2D eigenvalue weighted by atomic mass is 9.58. The number of carbonyl (C=O) groups is 2. The van der Waals surface area contributed by atoms with Crippen LogP contribution in [0.2, 0.25) is 0 Å². The lowest BCUT2D eigenvalue weighted by Crippen LogP contribution is -2.51. The number of ketones is 2. The minimum absolute atomic E-state index is 0.164. The maximum Gasteiger partial charge on any atom is 0.141 e. The van der Waals surface area contributed by atoms with Gasteiger partial charge in [-0.2, -0.15) is 0 Å². The molecular weight excluding hydrogens is 224 g/mol. The lowest BCUT2D eigenvalue weighted by molar-refractivity contribution is -0.152. The Kier molecular flexibility index (Phi) is 1.74. The Bertz CT molecular complexity index is 376. The van der Waals surface area contributed by atoms with Crippen LogP contribution in [0.15, 0.2) is 0 Å². The summed E-state index contributed by atoms with van der Waals surface area (Å²) < 4.78 is 0. The highest BCUT2D eigenvalue weighted by molar-refractivity contribution is 6.01. The second kappa shape index (κ2) is 3.08. The van der Waals surface area contributed by atoms with Crippen LogP contribution in [-0.4, -0.2) is 11.6 Å². The molecule has 5 saturated carbocycles. The molecule has 0 spiro atoms. The topological polar surface area (TPSA) is 34.1 Å². The second-order valence-electron chi connectivity index (χ2n) is 7.57. The van der Waals surface area contributed by atoms with Gasteiger partial charge in [0.2, 0.25) is 0 Å². The van der Waals surface area contributed by atoms with Crippen LogP contribution in [0.5, 0.6) is 0 Å². The van der Waals surface area contributed by atoms with Crippen LogP contribution in [0, 0.1) is 47.3 Å². The van der Waals surface area contributed by atoms with Crippen molar-refractivity contribution in [2.24, 2.45) is 47.3 Å². The van der Waals surface area contributed by atoms with Gasteiger partial charge in [0, 0.05) is 23.7 Å². The molecule has 5 fully saturated rings. The van der Waals surface area contributed by atoms with Crippen molar-refractivity contribution in [3.05, 3.63) is 0 Å². The maximum absolute atomic E-state index is 12.9. The molecule has 18 heavy (non-hydrogen) atoms. The summed E-state index contributed by atoms with van der Waals surface area (Å²) >= 11 is 0. The zero-order valence-corrected chi connectivity index (χ0v) is 10.7. The van der Waals surface area contributed by atoms with Crippen LogP contribution in [0.4, 0.5) is 0 Å². The highest BCUT2D eigenvalue weighted by Gasteiger charge is 2.65. The smallest absolute Gasteiger partial charge is 0.141 e. The largest absolute Gasteiger partial charge is 0.299 e. The fourth-order valence-electron chi connectivity index (χ4n) is 6.66. The first-order chi connectivity index (χ1) is 8.75. The summed E-state index contributed by atoms with van der Waals surface area (Å²) in [5.74, 6) is 4.04. The molecule has 5 rings (SSSR count). The molecule has 4 bridgehead atoms. The van der Waals surface area contributed by atoms with Gasteiger partial charge in [-0.3, -0.25) is 9.59 Å². The van der Waals surface area contributed by atoms with E-state index in [2.05, 4.69) is 0 Å². The Labute approximate surface area is 108 Å². The fraction of sp³-hybridized carbons (Fsp3) is 0.875. The van der Waals surface area contributed by atoms with E-state index in [1.54, 1.807) is 0 Å². The van der Waals surface area contributed by atoms with E-state index in [9.17, 15) is 9.59 Å². The predicted octanol–water partition coefficient (Wildman–Crippen LogP) is 2.46. The van der Waals surface area contributed by atoms with Crippen molar-refractivity contribution in [3.8, 4) is 0 Å². The SMILES string of the molecule is O=C1[C@@H]2[C@@H]3CC[C@@H](C3)[C@H]2C(=O)[C@H]2[C@H]3CC[C@H](C3)[C@@H]12. The predicted molar refractivity (Wildman–Crippen MR) is 65.6 cm³/mol. The van der Waals surface area contributed by atoms with Gasteiger partial charge in [0.15, 0.2) is 0 Å². The van der Waals surface area contributed by atoms with Gasteiger partial charge in [-0.05, 0) is 62.2 Å². The van der Waals surface area contributed by atoms with Gasteiger partial charge < -0.3 is 0 Å². The molecule has 0 heterocycles. The third-order valence-corrected chi connectivity index (χ3v) is 7.15. The van der Waals surface area contributed by atoms with Crippen LogP contribution in [0.25, 0.3) is 0 Å². The van der Waals surface area contributed by atoms with Crippen molar-refractivity contribution >= 4 is 11.6 Å². The van der Waals surface area contributed by atoms with Crippen molar-refractivity contribution in [2.45, 2.75) is 38.5 Å². The molecule has 0 unspecified atom stereocenters. The van der Waals surface area contributed by atoms with Gasteiger partial charge in [0.1, 0.15) is 11.6 Å². The quantitative estimate of drug-likeness (QED) is 0.656. The minimum atomic E-state index is 0.164. The highest BCUT2D eigenvalue weighted by Crippen LogP contribution is 2.63. The Morgan fingerprint density at radius 3 is 1.11 bits per heavy atom. The van der Waals surface area contributed by atoms with Crippen LogP contribution in [0.3, 0.4) is 0 Å². The van der Waals surface area contributed by atoms with Crippen molar-refractivity contribution in [2.75, 3.05) is 0 Å². The van der Waals surface area contributed by atoms with E-state index in [-0.39, 0.29) is 23.7 Å². The molecule has 0 N–H and O–H groups in total. The number of carbonyl (C=O) groups excluding carboxylic acids is 2. The minimum Gasteiger partial charge on any atom is -0.299 e. The summed E-state index contributed by atoms with van der Waals surface area (Å²) in [6.07, 6.45) is 7.24. The molecule has 96 valence electrons. The monoisotopic (exact) mass is 244 g/mol. The Morgan fingerprint density at radius 2 is 0.833 bits per heavy atom. The van der Waals surface area contributed by atoms with E-state index >= 15 is 0 Å². The molecule has 0 aromatic carbocycles. The first kappa shape index (κ1) is 10.2. The average Bonchev–Trinajstić information content (AvgIpc) is 3.10. The van der Waals surface area contributed by atoms with E-state index < -0.39 is 0 Å². The third kappa shape index (κ3) is 0.959. The van der Waals surface area contributed by atoms with Crippen LogP contribution >= 0.6 is 0 Å². The van der Waals surface area contributed by atoms with Crippen LogP contribution in [0.1, 0.15) is 38.5 Å². The number of hydrogen-bond donors (Lipinski definition) is 0. The summed E-state index contributed by atoms with van der Waals surface area (Å²) in [5, 5.41) is 0. The van der Waals surface area contributed by atoms with Crippen molar-refractivity contribution < 1.29 is 9.59 Å². The summed E-state index contributed by atoms with van der Waals surface area (Å²) in [6, 6.07) is 0. The average molecular weight is 244 g/mol. The Balaban J connectivity index is 1.61. The number of fused-ring (bicyclic) bond motifs is 10. The van der Waals surface area contributed by atoms with E-state index in [0.29, 0.717) is 35.2 Å². The molecule has 0 aliphatic heterocycles. The number of hydrogen-bond acceptors (Lipinski definition) is 2. The summed E-state index contributed by atoms with van der Waals surface area (Å²) in [5.41, 5.74) is 0. The molecule has 0 aromatic heterocycles. The maximum atomic E-state index is 12.9. The van der Waals surface area contributed by atoms with Gasteiger partial charge in [0.25, 0.3) is 0 Å². The molecule has 0 saturated heterocycles. The molecule has 2 nitrogen and oxygen atoms in total. The zero-order valence-electron chi connectivity index (χ0n) is 10.7. The first-order valence-corrected chi connectivity index (χ1v) is 7.83. The highest BCUT2D eigenvalue weighted by atomic mass is 16.1. The van der Waals surface area contributed by atoms with Crippen LogP contribution in [-0.2, 0) is 9.59 Å². The van der Waals surface area contributed by atoms with Gasteiger partial charge in [0.05, 0.1) is 0 Å². The second-order valence-corrected chi connectivity index (χ2v) is 7.57. The Morgan fingerprint density at radius 1 is 0.556 bits per heavy atom. The molecule has 5 aliphatic carbocycles. The number of Topliss-reactive ketones (excluding diaryl/α,β-unsaturated/α-hetero) is 2. The van der Waals surface area contributed by atoms with Crippen LogP contribution < -0.4 is 0 Å². The van der Waals surface area contributed by atoms with E-state index in [0.717, 1.165) is 0 Å². The standard InChI is InChI=1S/C16H20O2/c17-15-11-7-1-2-8(5-7)12(11)16(18)14-10-4-3-9(6-10)13(14)15/h7-14H,1-6H2/t7-,8+,9-,10+,11-,12-,13-,14+/m1/s1. The van der Waals surface area contributed by atoms with Gasteiger partial charge in [-0.1, -0.05) is 0 Å². The zero-order chi connectivity index (χ0) is 12.0. The Hall–Kier alpha value is -0.660. The third-order valence-electron chi connectivity index (χ3n) is 7.15. The van der Waals surface area contributed by atoms with Gasteiger partial charge in [-0.25, -0.2) is 0 Å². The van der Waals surface area contributed by atoms with Crippen molar-refractivity contribution in [3.63, 3.8) is 0 Å². The first-order valence-electron chi connectivity index (χ1n) is 7.83. The fourth-order valence-corrected chi connectivity index (χ4v) is 6.66. The van der Waals surface area contributed by atoms with E-state index in [1.165, 1.54) is 38.5 Å². The molecule has 2 heteroatoms. The molecule has 0 radical (unpaired) electrons. The van der Waals surface area contributed by atoms with E-state index in [1.807, 2.05) is 0 Å². The van der Waals surface area contributed by atoms with Crippen molar-refractivity contribution in [1.82, 2.24) is 0 Å². The normalized spacial score (nSPS) is 60.2. The lowest BCUT2D eigenvalue weighted by Gasteiger charge is -2.42.